The Morgan fingerprint density at radius 2 is 1.61 bits per heavy atom. The van der Waals surface area contributed by atoms with Gasteiger partial charge in [-0.25, -0.2) is 13.2 Å². The van der Waals surface area contributed by atoms with Crippen molar-refractivity contribution in [2.75, 3.05) is 13.1 Å². The molecule has 31 heavy (non-hydrogen) atoms. The highest BCUT2D eigenvalue weighted by Gasteiger charge is 2.24. The molecule has 0 bridgehead atoms. The first-order valence-electron chi connectivity index (χ1n) is 10.0. The van der Waals surface area contributed by atoms with Crippen LogP contribution >= 0.6 is 0 Å². The highest BCUT2D eigenvalue weighted by atomic mass is 32.2. The predicted octanol–water partition coefficient (Wildman–Crippen LogP) is 3.92. The summed E-state index contributed by atoms with van der Waals surface area (Å²) in [6, 6.07) is 12.1. The number of hydrogen-bond acceptors (Lipinski definition) is 6. The van der Waals surface area contributed by atoms with E-state index in [9.17, 15) is 23.3 Å². The number of ether oxygens (including phenoxy) is 1. The first-order valence-corrected chi connectivity index (χ1v) is 11.5. The first-order chi connectivity index (χ1) is 14.9. The number of sulfonamides is 1. The lowest BCUT2D eigenvalue weighted by molar-refractivity contribution is -0.384. The second kappa shape index (κ2) is 10.3. The Morgan fingerprint density at radius 1 is 1.00 bits per heavy atom. The van der Waals surface area contributed by atoms with Crippen molar-refractivity contribution >= 4 is 27.8 Å². The maximum Gasteiger partial charge on any atom is 0.331 e. The summed E-state index contributed by atoms with van der Waals surface area (Å²) in [6.07, 6.45) is 6.65. The summed E-state index contributed by atoms with van der Waals surface area (Å²) in [5, 5.41) is 10.6. The third-order valence-corrected chi connectivity index (χ3v) is 6.94. The largest absolute Gasteiger partial charge is 0.458 e. The van der Waals surface area contributed by atoms with Gasteiger partial charge in [-0.05, 0) is 54.3 Å². The van der Waals surface area contributed by atoms with Crippen molar-refractivity contribution in [1.29, 1.82) is 0 Å². The van der Waals surface area contributed by atoms with Crippen LogP contribution in [-0.4, -0.2) is 36.7 Å². The molecule has 2 aromatic rings. The van der Waals surface area contributed by atoms with Crippen LogP contribution in [0.15, 0.2) is 59.5 Å². The normalized spacial score (nSPS) is 15.5. The summed E-state index contributed by atoms with van der Waals surface area (Å²) < 4.78 is 32.2. The number of esters is 1. The molecule has 8 nitrogen and oxygen atoms in total. The molecule has 2 aromatic carbocycles. The van der Waals surface area contributed by atoms with Crippen molar-refractivity contribution in [2.45, 2.75) is 37.2 Å². The minimum absolute atomic E-state index is 0.00577. The van der Waals surface area contributed by atoms with Crippen molar-refractivity contribution in [3.05, 3.63) is 75.8 Å². The van der Waals surface area contributed by atoms with Crippen LogP contribution in [0.25, 0.3) is 6.08 Å². The molecule has 0 saturated carbocycles. The average molecular weight is 445 g/mol. The molecular weight excluding hydrogens is 420 g/mol. The second-order valence-corrected chi connectivity index (χ2v) is 9.19. The van der Waals surface area contributed by atoms with E-state index in [1.165, 1.54) is 30.3 Å². The SMILES string of the molecule is O=C(C=Cc1ccc(S(=O)(=O)N2CCCCCC2)cc1)OCc1ccc([N+](=O)[O-])cc1. The van der Waals surface area contributed by atoms with E-state index < -0.39 is 20.9 Å². The number of nitrogens with zero attached hydrogens (tertiary/aromatic N) is 2. The summed E-state index contributed by atoms with van der Waals surface area (Å²) in [4.78, 5) is 22.3. The topological polar surface area (TPSA) is 107 Å². The van der Waals surface area contributed by atoms with E-state index >= 15 is 0 Å². The van der Waals surface area contributed by atoms with Crippen LogP contribution in [0.4, 0.5) is 5.69 Å². The number of nitro benzene ring substituents is 1. The van der Waals surface area contributed by atoms with Crippen LogP contribution in [-0.2, 0) is 26.2 Å². The van der Waals surface area contributed by atoms with Gasteiger partial charge in [0.2, 0.25) is 10.0 Å². The fourth-order valence-corrected chi connectivity index (χ4v) is 4.78. The van der Waals surface area contributed by atoms with Crippen LogP contribution in [0.1, 0.15) is 36.8 Å². The average Bonchev–Trinajstić information content (AvgIpc) is 3.07. The highest BCUT2D eigenvalue weighted by Crippen LogP contribution is 2.21. The molecule has 164 valence electrons. The van der Waals surface area contributed by atoms with E-state index in [1.807, 2.05) is 0 Å². The zero-order valence-electron chi connectivity index (χ0n) is 17.0. The van der Waals surface area contributed by atoms with Gasteiger partial charge in [-0.1, -0.05) is 25.0 Å². The zero-order chi connectivity index (χ0) is 22.3. The van der Waals surface area contributed by atoms with Gasteiger partial charge in [-0.3, -0.25) is 10.1 Å². The molecule has 1 aliphatic heterocycles. The molecule has 0 atom stereocenters. The van der Waals surface area contributed by atoms with Crippen LogP contribution in [0.5, 0.6) is 0 Å². The van der Waals surface area contributed by atoms with E-state index in [2.05, 4.69) is 0 Å². The van der Waals surface area contributed by atoms with Gasteiger partial charge in [-0.15, -0.1) is 0 Å². The smallest absolute Gasteiger partial charge is 0.331 e. The summed E-state index contributed by atoms with van der Waals surface area (Å²) in [5.74, 6) is -0.570. The van der Waals surface area contributed by atoms with Crippen molar-refractivity contribution < 1.29 is 22.9 Å². The Morgan fingerprint density at radius 3 is 2.19 bits per heavy atom. The van der Waals surface area contributed by atoms with Gasteiger partial charge in [-0.2, -0.15) is 4.31 Å². The third kappa shape index (κ3) is 6.22. The van der Waals surface area contributed by atoms with Gasteiger partial charge < -0.3 is 4.74 Å². The number of non-ortho nitro benzene ring substituents is 1. The molecule has 9 heteroatoms. The van der Waals surface area contributed by atoms with Crippen LogP contribution in [0.3, 0.4) is 0 Å². The summed E-state index contributed by atoms with van der Waals surface area (Å²) in [6.45, 7) is 1.09. The van der Waals surface area contributed by atoms with Crippen LogP contribution in [0.2, 0.25) is 0 Å². The van der Waals surface area contributed by atoms with Crippen molar-refractivity contribution in [3.63, 3.8) is 0 Å². The van der Waals surface area contributed by atoms with Crippen molar-refractivity contribution in [1.82, 2.24) is 4.31 Å². The first kappa shape index (κ1) is 22.6. The van der Waals surface area contributed by atoms with E-state index in [0.717, 1.165) is 25.7 Å². The molecule has 0 unspecified atom stereocenters. The van der Waals surface area contributed by atoms with Gasteiger partial charge in [0.25, 0.3) is 5.69 Å². The summed E-state index contributed by atoms with van der Waals surface area (Å²) in [7, 11) is -3.51. The second-order valence-electron chi connectivity index (χ2n) is 7.25. The van der Waals surface area contributed by atoms with Crippen molar-refractivity contribution in [2.24, 2.45) is 0 Å². The number of hydrogen-bond donors (Lipinski definition) is 0. The molecule has 0 spiro atoms. The lowest BCUT2D eigenvalue weighted by Crippen LogP contribution is -2.31. The van der Waals surface area contributed by atoms with Crippen LogP contribution < -0.4 is 0 Å². The van der Waals surface area contributed by atoms with Crippen LogP contribution in [0, 0.1) is 10.1 Å². The minimum atomic E-state index is -3.51. The number of carbonyl (C=O) groups excluding carboxylic acids is 1. The Labute approximate surface area is 181 Å². The molecule has 0 aromatic heterocycles. The van der Waals surface area contributed by atoms with Gasteiger partial charge in [0.1, 0.15) is 6.61 Å². The lowest BCUT2D eigenvalue weighted by Gasteiger charge is -2.19. The van der Waals surface area contributed by atoms with Gasteiger partial charge in [0, 0.05) is 31.3 Å². The summed E-state index contributed by atoms with van der Waals surface area (Å²) >= 11 is 0. The fraction of sp³-hybridized carbons (Fsp3) is 0.318. The van der Waals surface area contributed by atoms with E-state index in [0.29, 0.717) is 24.2 Å². The van der Waals surface area contributed by atoms with E-state index in [4.69, 9.17) is 4.74 Å². The Kier molecular flexibility index (Phi) is 7.54. The molecule has 1 heterocycles. The standard InChI is InChI=1S/C22H24N2O6S/c25-22(30-17-19-5-10-20(11-6-19)24(26)27)14-9-18-7-12-21(13-8-18)31(28,29)23-15-3-1-2-4-16-23/h5-14H,1-4,15-17H2. The molecule has 1 saturated heterocycles. The maximum atomic E-state index is 12.8. The predicted molar refractivity (Wildman–Crippen MR) is 116 cm³/mol. The molecule has 1 fully saturated rings. The molecule has 0 radical (unpaired) electrons. The lowest BCUT2D eigenvalue weighted by atomic mass is 10.2. The molecule has 1 aliphatic rings. The Hall–Kier alpha value is -3.04. The molecule has 3 rings (SSSR count). The zero-order valence-corrected chi connectivity index (χ0v) is 17.8. The quantitative estimate of drug-likeness (QED) is 0.277. The number of nitro groups is 1. The molecule has 0 aliphatic carbocycles. The summed E-state index contributed by atoms with van der Waals surface area (Å²) in [5.41, 5.74) is 1.27. The Balaban J connectivity index is 1.56. The van der Waals surface area contributed by atoms with Gasteiger partial charge >= 0.3 is 5.97 Å². The molecule has 0 amide bonds. The van der Waals surface area contributed by atoms with Gasteiger partial charge in [0.15, 0.2) is 0 Å². The number of carbonyl (C=O) groups is 1. The van der Waals surface area contributed by atoms with E-state index in [-0.39, 0.29) is 17.2 Å². The monoisotopic (exact) mass is 444 g/mol. The highest BCUT2D eigenvalue weighted by molar-refractivity contribution is 7.89. The number of rotatable bonds is 7. The van der Waals surface area contributed by atoms with Crippen molar-refractivity contribution in [3.8, 4) is 0 Å². The third-order valence-electron chi connectivity index (χ3n) is 5.02. The maximum absolute atomic E-state index is 12.8. The Bertz CT molecular complexity index is 1040. The van der Waals surface area contributed by atoms with E-state index in [1.54, 1.807) is 34.6 Å². The number of benzene rings is 2. The molecular formula is C22H24N2O6S. The molecule has 0 N–H and O–H groups in total. The fourth-order valence-electron chi connectivity index (χ4n) is 3.26. The van der Waals surface area contributed by atoms with Gasteiger partial charge in [0.05, 0.1) is 9.82 Å². The minimum Gasteiger partial charge on any atom is -0.458 e.